The van der Waals surface area contributed by atoms with E-state index in [2.05, 4.69) is 43.1 Å². The van der Waals surface area contributed by atoms with Crippen LogP contribution >= 0.6 is 11.8 Å². The van der Waals surface area contributed by atoms with Gasteiger partial charge in [-0.3, -0.25) is 4.90 Å². The van der Waals surface area contributed by atoms with Crippen molar-refractivity contribution in [2.45, 2.75) is 25.5 Å². The molecule has 3 heteroatoms. The number of rotatable bonds is 3. The number of aliphatic hydroxyl groups excluding tert-OH is 1. The number of thioether (sulfide) groups is 1. The maximum atomic E-state index is 10.3. The summed E-state index contributed by atoms with van der Waals surface area (Å²) in [7, 11) is 2.11. The lowest BCUT2D eigenvalue weighted by molar-refractivity contribution is 0.0763. The van der Waals surface area contributed by atoms with Crippen LogP contribution in [0.15, 0.2) is 24.3 Å². The van der Waals surface area contributed by atoms with E-state index in [4.69, 9.17) is 0 Å². The number of hydrogen-bond donors (Lipinski definition) is 1. The second kappa shape index (κ2) is 5.89. The van der Waals surface area contributed by atoms with Crippen molar-refractivity contribution in [1.29, 1.82) is 0 Å². The molecule has 17 heavy (non-hydrogen) atoms. The van der Waals surface area contributed by atoms with Crippen molar-refractivity contribution in [2.24, 2.45) is 0 Å². The Kier molecular flexibility index (Phi) is 4.48. The molecule has 1 aromatic rings. The monoisotopic (exact) mass is 251 g/mol. The predicted octanol–water partition coefficient (Wildman–Crippen LogP) is 1.95. The van der Waals surface area contributed by atoms with Gasteiger partial charge in [0, 0.05) is 24.1 Å². The van der Waals surface area contributed by atoms with E-state index in [1.54, 1.807) is 0 Å². The predicted molar refractivity (Wildman–Crippen MR) is 74.6 cm³/mol. The lowest BCUT2D eigenvalue weighted by Crippen LogP contribution is -2.47. The van der Waals surface area contributed by atoms with Crippen LogP contribution in [-0.2, 0) is 6.42 Å². The van der Waals surface area contributed by atoms with Gasteiger partial charge in [0.15, 0.2) is 0 Å². The van der Waals surface area contributed by atoms with Crippen LogP contribution in [0.25, 0.3) is 0 Å². The van der Waals surface area contributed by atoms with Gasteiger partial charge in [0.05, 0.1) is 6.10 Å². The molecule has 2 unspecified atom stereocenters. The fourth-order valence-corrected chi connectivity index (χ4v) is 3.63. The summed E-state index contributed by atoms with van der Waals surface area (Å²) < 4.78 is 0. The lowest BCUT2D eigenvalue weighted by Gasteiger charge is -2.35. The van der Waals surface area contributed by atoms with Gasteiger partial charge in [0.25, 0.3) is 0 Å². The van der Waals surface area contributed by atoms with Crippen LogP contribution in [0.5, 0.6) is 0 Å². The molecular weight excluding hydrogens is 230 g/mol. The van der Waals surface area contributed by atoms with Gasteiger partial charge in [-0.2, -0.15) is 11.8 Å². The second-order valence-corrected chi connectivity index (χ2v) is 6.03. The first-order valence-electron chi connectivity index (χ1n) is 6.18. The number of aliphatic hydroxyl groups is 1. The van der Waals surface area contributed by atoms with Gasteiger partial charge in [-0.05, 0) is 26.0 Å². The molecule has 94 valence electrons. The smallest absolute Gasteiger partial charge is 0.0743 e. The Morgan fingerprint density at radius 1 is 1.53 bits per heavy atom. The summed E-state index contributed by atoms with van der Waals surface area (Å²) in [6, 6.07) is 8.73. The molecule has 0 aliphatic carbocycles. The first kappa shape index (κ1) is 12.9. The second-order valence-electron chi connectivity index (χ2n) is 4.88. The van der Waals surface area contributed by atoms with Crippen LogP contribution in [0.2, 0.25) is 0 Å². The third kappa shape index (κ3) is 3.47. The summed E-state index contributed by atoms with van der Waals surface area (Å²) in [6.07, 6.45) is 0.506. The molecule has 1 aromatic carbocycles. The molecular formula is C14H21NOS. The van der Waals surface area contributed by atoms with Gasteiger partial charge >= 0.3 is 0 Å². The molecule has 0 radical (unpaired) electrons. The highest BCUT2D eigenvalue weighted by molar-refractivity contribution is 7.99. The molecule has 1 heterocycles. The molecule has 1 aliphatic heterocycles. The Bertz CT molecular complexity index is 369. The molecule has 0 saturated carbocycles. The molecule has 1 N–H and O–H groups in total. The molecule has 1 fully saturated rings. The quantitative estimate of drug-likeness (QED) is 0.888. The minimum atomic E-state index is -0.255. The summed E-state index contributed by atoms with van der Waals surface area (Å²) in [5.41, 5.74) is 2.50. The summed E-state index contributed by atoms with van der Waals surface area (Å²) >= 11 is 1.95. The lowest BCUT2D eigenvalue weighted by atomic mass is 10.0. The van der Waals surface area contributed by atoms with Crippen molar-refractivity contribution in [1.82, 2.24) is 4.90 Å². The van der Waals surface area contributed by atoms with Gasteiger partial charge in [0.2, 0.25) is 0 Å². The van der Waals surface area contributed by atoms with Crippen molar-refractivity contribution in [2.75, 3.05) is 25.1 Å². The first-order chi connectivity index (χ1) is 8.16. The van der Waals surface area contributed by atoms with E-state index in [-0.39, 0.29) is 6.10 Å². The van der Waals surface area contributed by atoms with Crippen LogP contribution in [-0.4, -0.2) is 47.3 Å². The fraction of sp³-hybridized carbons (Fsp3) is 0.571. The van der Waals surface area contributed by atoms with E-state index in [1.165, 1.54) is 16.9 Å². The third-order valence-corrected chi connectivity index (χ3v) is 4.46. The summed E-state index contributed by atoms with van der Waals surface area (Å²) in [6.45, 7) is 3.18. The molecule has 0 amide bonds. The Morgan fingerprint density at radius 2 is 2.35 bits per heavy atom. The van der Waals surface area contributed by atoms with Crippen LogP contribution in [0.3, 0.4) is 0 Å². The summed E-state index contributed by atoms with van der Waals surface area (Å²) in [5.74, 6) is 2.23. The SMILES string of the molecule is Cc1cccc(CC(O)C2CSCCN2C)c1. The Hall–Kier alpha value is -0.510. The fourth-order valence-electron chi connectivity index (χ4n) is 2.33. The van der Waals surface area contributed by atoms with Crippen molar-refractivity contribution in [3.8, 4) is 0 Å². The average molecular weight is 251 g/mol. The Balaban J connectivity index is 1.98. The van der Waals surface area contributed by atoms with Crippen molar-refractivity contribution in [3.05, 3.63) is 35.4 Å². The van der Waals surface area contributed by atoms with Gasteiger partial charge < -0.3 is 5.11 Å². The summed E-state index contributed by atoms with van der Waals surface area (Å²) in [5, 5.41) is 10.3. The van der Waals surface area contributed by atoms with Gasteiger partial charge in [-0.1, -0.05) is 29.8 Å². The number of hydrogen-bond acceptors (Lipinski definition) is 3. The number of nitrogens with zero attached hydrogens (tertiary/aromatic N) is 1. The first-order valence-corrected chi connectivity index (χ1v) is 7.34. The normalized spacial score (nSPS) is 23.6. The molecule has 0 aromatic heterocycles. The molecule has 1 saturated heterocycles. The molecule has 2 nitrogen and oxygen atoms in total. The van der Waals surface area contributed by atoms with E-state index >= 15 is 0 Å². The molecule has 1 aliphatic rings. The van der Waals surface area contributed by atoms with Crippen molar-refractivity contribution < 1.29 is 5.11 Å². The highest BCUT2D eigenvalue weighted by atomic mass is 32.2. The van der Waals surface area contributed by atoms with E-state index in [0.29, 0.717) is 6.04 Å². The third-order valence-electron chi connectivity index (χ3n) is 3.41. The van der Waals surface area contributed by atoms with E-state index in [1.807, 2.05) is 11.8 Å². The van der Waals surface area contributed by atoms with Gasteiger partial charge in [-0.15, -0.1) is 0 Å². The molecule has 0 spiro atoms. The van der Waals surface area contributed by atoms with Crippen LogP contribution in [0, 0.1) is 6.92 Å². The minimum absolute atomic E-state index is 0.255. The Labute approximate surface area is 108 Å². The highest BCUT2D eigenvalue weighted by Gasteiger charge is 2.26. The average Bonchev–Trinajstić information content (AvgIpc) is 2.29. The maximum Gasteiger partial charge on any atom is 0.0743 e. The number of benzene rings is 1. The molecule has 2 atom stereocenters. The minimum Gasteiger partial charge on any atom is -0.391 e. The van der Waals surface area contributed by atoms with Crippen LogP contribution in [0.1, 0.15) is 11.1 Å². The highest BCUT2D eigenvalue weighted by Crippen LogP contribution is 2.19. The zero-order chi connectivity index (χ0) is 12.3. The van der Waals surface area contributed by atoms with E-state index in [0.717, 1.165) is 18.7 Å². The van der Waals surface area contributed by atoms with Gasteiger partial charge in [-0.25, -0.2) is 0 Å². The van der Waals surface area contributed by atoms with E-state index in [9.17, 15) is 5.11 Å². The zero-order valence-corrected chi connectivity index (χ0v) is 11.4. The number of aryl methyl sites for hydroxylation is 1. The molecule has 0 bridgehead atoms. The standard InChI is InChI=1S/C14H21NOS/c1-11-4-3-5-12(8-11)9-14(16)13-10-17-7-6-15(13)2/h3-5,8,13-14,16H,6-7,9-10H2,1-2H3. The van der Waals surface area contributed by atoms with E-state index < -0.39 is 0 Å². The molecule has 2 rings (SSSR count). The van der Waals surface area contributed by atoms with Crippen LogP contribution < -0.4 is 0 Å². The van der Waals surface area contributed by atoms with Crippen LogP contribution in [0.4, 0.5) is 0 Å². The summed E-state index contributed by atoms with van der Waals surface area (Å²) in [4.78, 5) is 2.29. The van der Waals surface area contributed by atoms with Gasteiger partial charge in [0.1, 0.15) is 0 Å². The maximum absolute atomic E-state index is 10.3. The van der Waals surface area contributed by atoms with Crippen molar-refractivity contribution >= 4 is 11.8 Å². The zero-order valence-electron chi connectivity index (χ0n) is 10.6. The Morgan fingerprint density at radius 3 is 3.06 bits per heavy atom. The van der Waals surface area contributed by atoms with Crippen molar-refractivity contribution in [3.63, 3.8) is 0 Å². The largest absolute Gasteiger partial charge is 0.391 e. The topological polar surface area (TPSA) is 23.5 Å². The number of likely N-dealkylation sites (N-methyl/N-ethyl adjacent to an activating group) is 1.